The van der Waals surface area contributed by atoms with Crippen LogP contribution in [0.2, 0.25) is 0 Å². The molecule has 15 heteroatoms. The van der Waals surface area contributed by atoms with Crippen molar-refractivity contribution < 1.29 is 47.6 Å². The Kier molecular flexibility index (Phi) is 17.1. The lowest BCUT2D eigenvalue weighted by Gasteiger charge is -2.28. The molecule has 268 valence electrons. The fraction of sp³-hybridized carbons (Fsp3) is 0.412. The number of rotatable bonds is 18. The van der Waals surface area contributed by atoms with E-state index in [-0.39, 0.29) is 63.9 Å². The zero-order chi connectivity index (χ0) is 36.7. The Morgan fingerprint density at radius 1 is 0.633 bits per heavy atom. The van der Waals surface area contributed by atoms with Gasteiger partial charge in [0.1, 0.15) is 51.1 Å². The molecule has 2 amide bonds. The third-order valence-electron chi connectivity index (χ3n) is 6.70. The smallest absolute Gasteiger partial charge is 0.407 e. The SMILES string of the molecule is C=C(C)C(=O)OCCNC(=O)OCCOc1c(C)cc(C(C)(C)c2cc(Br)c(OCCOC(=O)NCCOC(=O)C(=C)C)c(Br)c2)cc1Br. The van der Waals surface area contributed by atoms with Crippen molar-refractivity contribution in [1.82, 2.24) is 10.6 Å². The van der Waals surface area contributed by atoms with E-state index in [1.54, 1.807) is 6.92 Å². The summed E-state index contributed by atoms with van der Waals surface area (Å²) < 4.78 is 34.0. The van der Waals surface area contributed by atoms with Crippen molar-refractivity contribution >= 4 is 71.9 Å². The molecule has 0 saturated carbocycles. The van der Waals surface area contributed by atoms with E-state index in [1.807, 2.05) is 31.2 Å². The number of esters is 2. The quantitative estimate of drug-likeness (QED) is 0.0691. The van der Waals surface area contributed by atoms with Gasteiger partial charge in [-0.1, -0.05) is 33.1 Å². The monoisotopic (exact) mass is 874 g/mol. The van der Waals surface area contributed by atoms with Gasteiger partial charge in [-0.05, 0) is 103 Å². The Bertz CT molecular complexity index is 1390. The summed E-state index contributed by atoms with van der Waals surface area (Å²) in [4.78, 5) is 46.5. The van der Waals surface area contributed by atoms with Crippen LogP contribution in [0.25, 0.3) is 0 Å². The molecule has 2 aromatic rings. The first-order valence-corrected chi connectivity index (χ1v) is 17.4. The predicted octanol–water partition coefficient (Wildman–Crippen LogP) is 7.06. The van der Waals surface area contributed by atoms with E-state index in [1.165, 1.54) is 6.92 Å². The fourth-order valence-corrected chi connectivity index (χ4v) is 6.09. The first-order chi connectivity index (χ1) is 23.0. The van der Waals surface area contributed by atoms with Gasteiger partial charge in [0.25, 0.3) is 0 Å². The Hall–Kier alpha value is -3.56. The highest BCUT2D eigenvalue weighted by atomic mass is 79.9. The Morgan fingerprint density at radius 2 is 1.02 bits per heavy atom. The van der Waals surface area contributed by atoms with Crippen LogP contribution >= 0.6 is 47.8 Å². The van der Waals surface area contributed by atoms with Gasteiger partial charge in [-0.2, -0.15) is 0 Å². The van der Waals surface area contributed by atoms with Gasteiger partial charge in [-0.25, -0.2) is 19.2 Å². The summed E-state index contributed by atoms with van der Waals surface area (Å²) in [6, 6.07) is 7.97. The highest BCUT2D eigenvalue weighted by molar-refractivity contribution is 9.11. The molecule has 2 rings (SSSR count). The molecule has 0 aromatic heterocycles. The van der Waals surface area contributed by atoms with Gasteiger partial charge in [0.05, 0.1) is 26.5 Å². The molecule has 0 aliphatic carbocycles. The molecule has 49 heavy (non-hydrogen) atoms. The molecule has 12 nitrogen and oxygen atoms in total. The summed E-state index contributed by atoms with van der Waals surface area (Å²) in [5.74, 6) is 0.135. The zero-order valence-electron chi connectivity index (χ0n) is 28.1. The van der Waals surface area contributed by atoms with Gasteiger partial charge >= 0.3 is 24.1 Å². The van der Waals surface area contributed by atoms with Gasteiger partial charge in [-0.3, -0.25) is 0 Å². The minimum absolute atomic E-state index is 0.000655. The summed E-state index contributed by atoms with van der Waals surface area (Å²) in [6.07, 6.45) is -1.30. The summed E-state index contributed by atoms with van der Waals surface area (Å²) in [7, 11) is 0. The first-order valence-electron chi connectivity index (χ1n) is 15.1. The molecule has 2 aromatic carbocycles. The van der Waals surface area contributed by atoms with Crippen LogP contribution in [0.15, 0.2) is 62.0 Å². The molecule has 0 atom stereocenters. The number of halogens is 3. The van der Waals surface area contributed by atoms with Gasteiger partial charge in [-0.15, -0.1) is 0 Å². The van der Waals surface area contributed by atoms with Crippen LogP contribution in [-0.2, 0) is 34.0 Å². The number of aryl methyl sites for hydroxylation is 1. The highest BCUT2D eigenvalue weighted by Gasteiger charge is 2.27. The number of benzene rings is 2. The lowest BCUT2D eigenvalue weighted by atomic mass is 9.77. The van der Waals surface area contributed by atoms with Gasteiger partial charge in [0.15, 0.2) is 0 Å². The molecule has 0 radical (unpaired) electrons. The number of carbonyl (C=O) groups is 4. The van der Waals surface area contributed by atoms with Crippen LogP contribution in [0.3, 0.4) is 0 Å². The van der Waals surface area contributed by atoms with Gasteiger partial charge in [0, 0.05) is 16.6 Å². The van der Waals surface area contributed by atoms with Crippen LogP contribution < -0.4 is 20.1 Å². The fourth-order valence-electron chi connectivity index (χ4n) is 4.00. The van der Waals surface area contributed by atoms with E-state index in [4.69, 9.17) is 28.4 Å². The molecular weight excluding hydrogens is 836 g/mol. The van der Waals surface area contributed by atoms with E-state index in [9.17, 15) is 19.2 Å². The number of alkyl carbamates (subject to hydrolysis) is 2. The molecular formula is C34H41Br3N2O10. The van der Waals surface area contributed by atoms with Crippen molar-refractivity contribution in [3.8, 4) is 11.5 Å². The van der Waals surface area contributed by atoms with E-state index in [2.05, 4.69) is 85.4 Å². The van der Waals surface area contributed by atoms with Gasteiger partial charge < -0.3 is 39.1 Å². The highest BCUT2D eigenvalue weighted by Crippen LogP contribution is 2.42. The summed E-state index contributed by atoms with van der Waals surface area (Å²) in [6.45, 7) is 16.7. The molecule has 0 saturated heterocycles. The molecule has 0 aliphatic heterocycles. The van der Waals surface area contributed by atoms with Crippen molar-refractivity contribution in [3.63, 3.8) is 0 Å². The topological polar surface area (TPSA) is 148 Å². The van der Waals surface area contributed by atoms with Crippen LogP contribution in [0.4, 0.5) is 9.59 Å². The Labute approximate surface area is 311 Å². The molecule has 0 bridgehead atoms. The van der Waals surface area contributed by atoms with Crippen molar-refractivity contribution in [1.29, 1.82) is 0 Å². The summed E-state index contributed by atoms with van der Waals surface area (Å²) >= 11 is 10.8. The predicted molar refractivity (Wildman–Crippen MR) is 194 cm³/mol. The third-order valence-corrected chi connectivity index (χ3v) is 8.47. The van der Waals surface area contributed by atoms with Crippen molar-refractivity contribution in [3.05, 3.63) is 78.7 Å². The lowest BCUT2D eigenvalue weighted by Crippen LogP contribution is -2.29. The lowest BCUT2D eigenvalue weighted by molar-refractivity contribution is -0.139. The number of amides is 2. The van der Waals surface area contributed by atoms with E-state index >= 15 is 0 Å². The minimum atomic E-state index is -0.656. The molecule has 0 fully saturated rings. The van der Waals surface area contributed by atoms with E-state index in [0.717, 1.165) is 21.2 Å². The van der Waals surface area contributed by atoms with Crippen molar-refractivity contribution in [2.24, 2.45) is 0 Å². The van der Waals surface area contributed by atoms with Crippen LogP contribution in [0, 0.1) is 6.92 Å². The number of ether oxygens (including phenoxy) is 6. The van der Waals surface area contributed by atoms with Crippen molar-refractivity contribution in [2.75, 3.05) is 52.7 Å². The Morgan fingerprint density at radius 3 is 1.43 bits per heavy atom. The Balaban J connectivity index is 1.89. The average molecular weight is 877 g/mol. The number of hydrogen-bond donors (Lipinski definition) is 2. The second-order valence-corrected chi connectivity index (χ2v) is 13.7. The third kappa shape index (κ3) is 13.7. The summed E-state index contributed by atoms with van der Waals surface area (Å²) in [5.41, 5.74) is 3.03. The molecule has 0 heterocycles. The van der Waals surface area contributed by atoms with Crippen molar-refractivity contribution in [2.45, 2.75) is 40.0 Å². The number of nitrogens with one attached hydrogen (secondary N) is 2. The molecule has 2 N–H and O–H groups in total. The number of carbonyl (C=O) groups excluding carboxylic acids is 4. The van der Waals surface area contributed by atoms with Crippen LogP contribution in [-0.4, -0.2) is 76.9 Å². The normalized spacial score (nSPS) is 10.8. The maximum Gasteiger partial charge on any atom is 0.407 e. The molecule has 0 spiro atoms. The maximum atomic E-state index is 11.9. The minimum Gasteiger partial charge on any atom is -0.489 e. The average Bonchev–Trinajstić information content (AvgIpc) is 3.02. The second-order valence-electron chi connectivity index (χ2n) is 11.2. The molecule has 0 unspecified atom stereocenters. The second kappa shape index (κ2) is 20.2. The standard InChI is InChI=1S/C34H41Br3N2O10/c1-20(2)30(40)46-10-8-38-32(42)48-14-12-44-28-22(5)16-23(17-25(28)35)34(6,7)24-18-26(36)29(27(37)19-24)45-13-15-49-33(43)39-9-11-47-31(41)21(3)4/h16-19H,1,3,8-15H2,2,4-7H3,(H,38,42)(H,39,43). The van der Waals surface area contributed by atoms with E-state index in [0.29, 0.717) is 20.4 Å². The number of hydrogen-bond acceptors (Lipinski definition) is 10. The van der Waals surface area contributed by atoms with Gasteiger partial charge in [0.2, 0.25) is 0 Å². The summed E-state index contributed by atoms with van der Waals surface area (Å²) in [5, 5.41) is 4.99. The van der Waals surface area contributed by atoms with Crippen LogP contribution in [0.5, 0.6) is 11.5 Å². The molecule has 0 aliphatic rings. The largest absolute Gasteiger partial charge is 0.489 e. The van der Waals surface area contributed by atoms with E-state index < -0.39 is 29.5 Å². The maximum absolute atomic E-state index is 11.9. The first kappa shape index (κ1) is 41.6. The zero-order valence-corrected chi connectivity index (χ0v) is 32.9. The van der Waals surface area contributed by atoms with Crippen LogP contribution in [0.1, 0.15) is 44.4 Å².